The molecule has 1 aromatic rings. The van der Waals surface area contributed by atoms with Crippen molar-refractivity contribution in [3.63, 3.8) is 0 Å². The van der Waals surface area contributed by atoms with E-state index in [1.165, 1.54) is 41.4 Å². The SMILES string of the molecule is Cc1cc(Br)ccc1N1CC2(CCCC2)NCC1C(C)C. The van der Waals surface area contributed by atoms with Gasteiger partial charge in [-0.15, -0.1) is 0 Å². The third-order valence-corrected chi connectivity index (χ3v) is 5.85. The molecule has 3 rings (SSSR count). The summed E-state index contributed by atoms with van der Waals surface area (Å²) in [7, 11) is 0. The highest BCUT2D eigenvalue weighted by atomic mass is 79.9. The summed E-state index contributed by atoms with van der Waals surface area (Å²) in [6.45, 7) is 9.21. The first kappa shape index (κ1) is 15.4. The molecule has 116 valence electrons. The van der Waals surface area contributed by atoms with Crippen LogP contribution in [0.2, 0.25) is 0 Å². The average Bonchev–Trinajstić information content (AvgIpc) is 2.86. The maximum atomic E-state index is 3.91. The van der Waals surface area contributed by atoms with Crippen LogP contribution in [0.1, 0.15) is 45.1 Å². The molecule has 1 aromatic carbocycles. The fourth-order valence-electron chi connectivity index (χ4n) is 4.12. The van der Waals surface area contributed by atoms with Crippen molar-refractivity contribution in [2.75, 3.05) is 18.0 Å². The second-order valence-corrected chi connectivity index (χ2v) is 8.15. The van der Waals surface area contributed by atoms with Gasteiger partial charge in [0, 0.05) is 34.8 Å². The van der Waals surface area contributed by atoms with E-state index in [0.29, 0.717) is 17.5 Å². The van der Waals surface area contributed by atoms with Crippen molar-refractivity contribution in [1.82, 2.24) is 5.32 Å². The van der Waals surface area contributed by atoms with E-state index in [9.17, 15) is 0 Å². The molecule has 2 fully saturated rings. The lowest BCUT2D eigenvalue weighted by Gasteiger charge is -2.49. The van der Waals surface area contributed by atoms with Gasteiger partial charge in [0.2, 0.25) is 0 Å². The number of anilines is 1. The first-order chi connectivity index (χ1) is 10.0. The highest BCUT2D eigenvalue weighted by Crippen LogP contribution is 2.37. The standard InChI is InChI=1S/C18H27BrN2/c1-13(2)17-11-20-18(8-4-5-9-18)12-21(17)16-7-6-15(19)10-14(16)3/h6-7,10,13,17,20H,4-5,8-9,11-12H2,1-3H3. The number of rotatable bonds is 2. The number of halogens is 1. The summed E-state index contributed by atoms with van der Waals surface area (Å²) >= 11 is 3.59. The third kappa shape index (κ3) is 3.00. The molecule has 0 bridgehead atoms. The molecular formula is C18H27BrN2. The molecule has 1 saturated carbocycles. The maximum Gasteiger partial charge on any atom is 0.0438 e. The smallest absolute Gasteiger partial charge is 0.0438 e. The molecule has 1 aliphatic heterocycles. The Hall–Kier alpha value is -0.540. The Balaban J connectivity index is 1.93. The summed E-state index contributed by atoms with van der Waals surface area (Å²) in [5, 5.41) is 3.91. The zero-order valence-electron chi connectivity index (χ0n) is 13.5. The van der Waals surface area contributed by atoms with Crippen LogP contribution >= 0.6 is 15.9 Å². The summed E-state index contributed by atoms with van der Waals surface area (Å²) in [5.74, 6) is 0.666. The van der Waals surface area contributed by atoms with Gasteiger partial charge in [0.25, 0.3) is 0 Å². The molecule has 1 saturated heterocycles. The predicted octanol–water partition coefficient (Wildman–Crippen LogP) is 4.50. The van der Waals surface area contributed by atoms with Gasteiger partial charge in [-0.25, -0.2) is 0 Å². The number of nitrogens with zero attached hydrogens (tertiary/aromatic N) is 1. The first-order valence-corrected chi connectivity index (χ1v) is 9.08. The van der Waals surface area contributed by atoms with E-state index in [-0.39, 0.29) is 0 Å². The van der Waals surface area contributed by atoms with Crippen LogP contribution in [-0.4, -0.2) is 24.7 Å². The minimum Gasteiger partial charge on any atom is -0.365 e. The fourth-order valence-corrected chi connectivity index (χ4v) is 4.59. The van der Waals surface area contributed by atoms with E-state index in [4.69, 9.17) is 0 Å². The van der Waals surface area contributed by atoms with Gasteiger partial charge in [-0.1, -0.05) is 42.6 Å². The van der Waals surface area contributed by atoms with Gasteiger partial charge >= 0.3 is 0 Å². The van der Waals surface area contributed by atoms with E-state index in [2.05, 4.69) is 65.1 Å². The zero-order chi connectivity index (χ0) is 15.0. The Kier molecular flexibility index (Phi) is 4.33. The summed E-state index contributed by atoms with van der Waals surface area (Å²) < 4.78 is 1.18. The molecular weight excluding hydrogens is 324 g/mol. The largest absolute Gasteiger partial charge is 0.365 e. The molecule has 0 aromatic heterocycles. The highest BCUT2D eigenvalue weighted by Gasteiger charge is 2.42. The number of benzene rings is 1. The lowest BCUT2D eigenvalue weighted by molar-refractivity contribution is 0.245. The van der Waals surface area contributed by atoms with Crippen LogP contribution < -0.4 is 10.2 Å². The van der Waals surface area contributed by atoms with Crippen LogP contribution in [0.4, 0.5) is 5.69 Å². The third-order valence-electron chi connectivity index (χ3n) is 5.36. The molecule has 1 aliphatic carbocycles. The Labute approximate surface area is 137 Å². The van der Waals surface area contributed by atoms with Crippen molar-refractivity contribution in [3.05, 3.63) is 28.2 Å². The van der Waals surface area contributed by atoms with E-state index < -0.39 is 0 Å². The average molecular weight is 351 g/mol. The Morgan fingerprint density at radius 1 is 1.29 bits per heavy atom. The highest BCUT2D eigenvalue weighted by molar-refractivity contribution is 9.10. The van der Waals surface area contributed by atoms with Gasteiger partial charge in [0.1, 0.15) is 0 Å². The number of nitrogens with one attached hydrogen (secondary N) is 1. The van der Waals surface area contributed by atoms with Crippen LogP contribution in [-0.2, 0) is 0 Å². The van der Waals surface area contributed by atoms with Crippen LogP contribution in [0.25, 0.3) is 0 Å². The zero-order valence-corrected chi connectivity index (χ0v) is 15.0. The van der Waals surface area contributed by atoms with Crippen molar-refractivity contribution in [1.29, 1.82) is 0 Å². The van der Waals surface area contributed by atoms with Crippen molar-refractivity contribution < 1.29 is 0 Å². The molecule has 0 radical (unpaired) electrons. The molecule has 21 heavy (non-hydrogen) atoms. The number of hydrogen-bond donors (Lipinski definition) is 1. The van der Waals surface area contributed by atoms with Crippen LogP contribution in [0.3, 0.4) is 0 Å². The number of piperazine rings is 1. The topological polar surface area (TPSA) is 15.3 Å². The molecule has 0 amide bonds. The number of aryl methyl sites for hydroxylation is 1. The summed E-state index contributed by atoms with van der Waals surface area (Å²) in [5.41, 5.74) is 3.17. The molecule has 1 spiro atoms. The van der Waals surface area contributed by atoms with Gasteiger partial charge < -0.3 is 10.2 Å². The molecule has 3 heteroatoms. The minimum atomic E-state index is 0.366. The minimum absolute atomic E-state index is 0.366. The molecule has 1 atom stereocenters. The Bertz CT molecular complexity index is 506. The molecule has 1 N–H and O–H groups in total. The maximum absolute atomic E-state index is 3.91. The van der Waals surface area contributed by atoms with E-state index >= 15 is 0 Å². The molecule has 2 nitrogen and oxygen atoms in total. The lowest BCUT2D eigenvalue weighted by Crippen LogP contribution is -2.64. The van der Waals surface area contributed by atoms with Crippen LogP contribution in [0.15, 0.2) is 22.7 Å². The van der Waals surface area contributed by atoms with E-state index in [1.54, 1.807) is 0 Å². The monoisotopic (exact) mass is 350 g/mol. The van der Waals surface area contributed by atoms with Crippen LogP contribution in [0, 0.1) is 12.8 Å². The van der Waals surface area contributed by atoms with Gasteiger partial charge in [-0.2, -0.15) is 0 Å². The molecule has 2 aliphatic rings. The van der Waals surface area contributed by atoms with E-state index in [1.807, 2.05) is 0 Å². The van der Waals surface area contributed by atoms with Gasteiger partial charge in [-0.3, -0.25) is 0 Å². The quantitative estimate of drug-likeness (QED) is 0.844. The van der Waals surface area contributed by atoms with Crippen molar-refractivity contribution >= 4 is 21.6 Å². The number of hydrogen-bond acceptors (Lipinski definition) is 2. The Morgan fingerprint density at radius 3 is 2.62 bits per heavy atom. The molecule has 1 unspecified atom stereocenters. The lowest BCUT2D eigenvalue weighted by atomic mass is 9.88. The predicted molar refractivity (Wildman–Crippen MR) is 94.1 cm³/mol. The van der Waals surface area contributed by atoms with Gasteiger partial charge in [0.05, 0.1) is 0 Å². The van der Waals surface area contributed by atoms with Crippen LogP contribution in [0.5, 0.6) is 0 Å². The first-order valence-electron chi connectivity index (χ1n) is 8.29. The Morgan fingerprint density at radius 2 is 2.00 bits per heavy atom. The van der Waals surface area contributed by atoms with Crippen molar-refractivity contribution in [3.8, 4) is 0 Å². The van der Waals surface area contributed by atoms with Crippen molar-refractivity contribution in [2.24, 2.45) is 5.92 Å². The molecule has 1 heterocycles. The van der Waals surface area contributed by atoms with Gasteiger partial charge in [-0.05, 0) is 49.4 Å². The van der Waals surface area contributed by atoms with Crippen molar-refractivity contribution in [2.45, 2.75) is 58.0 Å². The summed E-state index contributed by atoms with van der Waals surface area (Å²) in [4.78, 5) is 2.69. The fraction of sp³-hybridized carbons (Fsp3) is 0.667. The summed E-state index contributed by atoms with van der Waals surface area (Å²) in [6.07, 6.45) is 5.44. The normalized spacial score (nSPS) is 25.0. The second-order valence-electron chi connectivity index (χ2n) is 7.24. The van der Waals surface area contributed by atoms with Gasteiger partial charge in [0.15, 0.2) is 0 Å². The summed E-state index contributed by atoms with van der Waals surface area (Å²) in [6, 6.07) is 7.32. The second kappa shape index (κ2) is 5.92. The van der Waals surface area contributed by atoms with E-state index in [0.717, 1.165) is 13.1 Å².